The molecule has 2 nitrogen and oxygen atoms in total. The number of para-hydroxylation sites is 3. The summed E-state index contributed by atoms with van der Waals surface area (Å²) in [6.07, 6.45) is 3.62. The number of fused-ring (bicyclic) bond motifs is 2. The normalized spacial score (nSPS) is 11.9. The Morgan fingerprint density at radius 1 is 0.833 bits per heavy atom. The van der Waals surface area contributed by atoms with Crippen molar-refractivity contribution in [2.24, 2.45) is 0 Å². The van der Waals surface area contributed by atoms with Gasteiger partial charge < -0.3 is 10.1 Å². The maximum atomic E-state index is 6.05. The Morgan fingerprint density at radius 3 is 2.46 bits per heavy atom. The fourth-order valence-corrected chi connectivity index (χ4v) is 3.13. The Bertz CT molecular complexity index is 852. The van der Waals surface area contributed by atoms with Crippen LogP contribution in [0.1, 0.15) is 25.3 Å². The van der Waals surface area contributed by atoms with E-state index in [9.17, 15) is 0 Å². The summed E-state index contributed by atoms with van der Waals surface area (Å²) >= 11 is 0. The Balaban J connectivity index is 1.68. The molecule has 4 rings (SSSR count). The van der Waals surface area contributed by atoms with Gasteiger partial charge in [-0.25, -0.2) is 0 Å². The van der Waals surface area contributed by atoms with Gasteiger partial charge in [-0.15, -0.1) is 0 Å². The lowest BCUT2D eigenvalue weighted by atomic mass is 9.99. The van der Waals surface area contributed by atoms with Crippen LogP contribution in [0.3, 0.4) is 0 Å². The average molecular weight is 315 g/mol. The first-order valence-electron chi connectivity index (χ1n) is 8.61. The summed E-state index contributed by atoms with van der Waals surface area (Å²) in [5.41, 5.74) is 5.83. The van der Waals surface area contributed by atoms with Gasteiger partial charge in [-0.2, -0.15) is 0 Å². The predicted molar refractivity (Wildman–Crippen MR) is 100 cm³/mol. The van der Waals surface area contributed by atoms with Crippen molar-refractivity contribution in [1.29, 1.82) is 0 Å². The third-order valence-corrected chi connectivity index (χ3v) is 4.48. The molecule has 0 spiro atoms. The molecule has 0 aromatic heterocycles. The van der Waals surface area contributed by atoms with Crippen molar-refractivity contribution in [3.8, 4) is 22.6 Å². The largest absolute Gasteiger partial charge is 0.453 e. The topological polar surface area (TPSA) is 21.3 Å². The van der Waals surface area contributed by atoms with E-state index in [1.54, 1.807) is 0 Å². The van der Waals surface area contributed by atoms with Gasteiger partial charge in [0.25, 0.3) is 0 Å². The Labute approximate surface area is 143 Å². The zero-order chi connectivity index (χ0) is 16.4. The molecule has 2 heteroatoms. The van der Waals surface area contributed by atoms with Crippen LogP contribution in [0.2, 0.25) is 0 Å². The van der Waals surface area contributed by atoms with E-state index in [4.69, 9.17) is 4.74 Å². The maximum Gasteiger partial charge on any atom is 0.151 e. The molecular formula is C22H21NO. The van der Waals surface area contributed by atoms with Crippen LogP contribution in [0.15, 0.2) is 66.7 Å². The number of anilines is 2. The van der Waals surface area contributed by atoms with E-state index in [1.165, 1.54) is 29.5 Å². The van der Waals surface area contributed by atoms with Crippen LogP contribution in [0.5, 0.6) is 11.5 Å². The van der Waals surface area contributed by atoms with Crippen LogP contribution in [0.4, 0.5) is 11.4 Å². The highest BCUT2D eigenvalue weighted by molar-refractivity contribution is 5.88. The SMILES string of the molecule is CCCCc1ccc(-c2cccc3c2Nc2ccccc2O3)cc1. The molecule has 3 aromatic carbocycles. The summed E-state index contributed by atoms with van der Waals surface area (Å²) in [7, 11) is 0. The van der Waals surface area contributed by atoms with E-state index in [0.717, 1.165) is 29.3 Å². The monoisotopic (exact) mass is 315 g/mol. The molecule has 0 radical (unpaired) electrons. The van der Waals surface area contributed by atoms with Gasteiger partial charge in [0.1, 0.15) is 0 Å². The predicted octanol–water partition coefficient (Wildman–Crippen LogP) is 6.55. The molecule has 1 N–H and O–H groups in total. The molecule has 120 valence electrons. The standard InChI is InChI=1S/C22H21NO/c1-2-3-7-16-12-14-17(15-13-16)18-8-6-11-21-22(18)23-19-9-4-5-10-20(19)24-21/h4-6,8-15,23H,2-3,7H2,1H3. The summed E-state index contributed by atoms with van der Waals surface area (Å²) in [6, 6.07) is 23.1. The molecule has 24 heavy (non-hydrogen) atoms. The summed E-state index contributed by atoms with van der Waals surface area (Å²) in [5, 5.41) is 3.53. The molecule has 0 unspecified atom stereocenters. The average Bonchev–Trinajstić information content (AvgIpc) is 2.64. The highest BCUT2D eigenvalue weighted by Gasteiger charge is 2.19. The van der Waals surface area contributed by atoms with Crippen LogP contribution in [-0.4, -0.2) is 0 Å². The van der Waals surface area contributed by atoms with Gasteiger partial charge in [0, 0.05) is 5.56 Å². The summed E-state index contributed by atoms with van der Waals surface area (Å²) in [5.74, 6) is 1.75. The molecule has 1 heterocycles. The molecule has 1 aliphatic rings. The van der Waals surface area contributed by atoms with Crippen LogP contribution >= 0.6 is 0 Å². The van der Waals surface area contributed by atoms with Gasteiger partial charge in [-0.05, 0) is 42.2 Å². The minimum atomic E-state index is 0.872. The smallest absolute Gasteiger partial charge is 0.151 e. The van der Waals surface area contributed by atoms with Gasteiger partial charge in [-0.3, -0.25) is 0 Å². The fraction of sp³-hybridized carbons (Fsp3) is 0.182. The molecule has 3 aromatic rings. The van der Waals surface area contributed by atoms with Crippen molar-refractivity contribution in [2.75, 3.05) is 5.32 Å². The van der Waals surface area contributed by atoms with E-state index >= 15 is 0 Å². The zero-order valence-corrected chi connectivity index (χ0v) is 13.9. The third-order valence-electron chi connectivity index (χ3n) is 4.48. The molecule has 0 fully saturated rings. The minimum absolute atomic E-state index is 0.872. The second-order valence-electron chi connectivity index (χ2n) is 6.20. The molecule has 0 saturated carbocycles. The van der Waals surface area contributed by atoms with E-state index in [-0.39, 0.29) is 0 Å². The Morgan fingerprint density at radius 2 is 1.62 bits per heavy atom. The lowest BCUT2D eigenvalue weighted by Crippen LogP contribution is -2.04. The van der Waals surface area contributed by atoms with Gasteiger partial charge >= 0.3 is 0 Å². The number of unbranched alkanes of at least 4 members (excludes halogenated alkanes) is 1. The number of nitrogens with one attached hydrogen (secondary N) is 1. The first kappa shape index (κ1) is 14.8. The molecule has 0 bridgehead atoms. The maximum absolute atomic E-state index is 6.05. The number of hydrogen-bond donors (Lipinski definition) is 1. The molecule has 1 aliphatic heterocycles. The lowest BCUT2D eigenvalue weighted by Gasteiger charge is -2.24. The second-order valence-corrected chi connectivity index (χ2v) is 6.20. The van der Waals surface area contributed by atoms with Crippen LogP contribution < -0.4 is 10.1 Å². The summed E-state index contributed by atoms with van der Waals surface area (Å²) in [4.78, 5) is 0. The Kier molecular flexibility index (Phi) is 3.96. The number of ether oxygens (including phenoxy) is 1. The zero-order valence-electron chi connectivity index (χ0n) is 13.9. The molecular weight excluding hydrogens is 294 g/mol. The molecule has 0 saturated heterocycles. The second kappa shape index (κ2) is 6.40. The van der Waals surface area contributed by atoms with E-state index in [2.05, 4.69) is 48.6 Å². The first-order valence-corrected chi connectivity index (χ1v) is 8.61. The highest BCUT2D eigenvalue weighted by Crippen LogP contribution is 2.46. The van der Waals surface area contributed by atoms with Gasteiger partial charge in [0.15, 0.2) is 11.5 Å². The third kappa shape index (κ3) is 2.76. The van der Waals surface area contributed by atoms with Crippen LogP contribution in [-0.2, 0) is 6.42 Å². The van der Waals surface area contributed by atoms with Crippen molar-refractivity contribution in [2.45, 2.75) is 26.2 Å². The van der Waals surface area contributed by atoms with Crippen molar-refractivity contribution < 1.29 is 4.74 Å². The van der Waals surface area contributed by atoms with Crippen molar-refractivity contribution >= 4 is 11.4 Å². The minimum Gasteiger partial charge on any atom is -0.453 e. The Hall–Kier alpha value is -2.74. The van der Waals surface area contributed by atoms with Crippen LogP contribution in [0.25, 0.3) is 11.1 Å². The lowest BCUT2D eigenvalue weighted by molar-refractivity contribution is 0.481. The first-order chi connectivity index (χ1) is 11.8. The van der Waals surface area contributed by atoms with Crippen molar-refractivity contribution in [3.05, 3.63) is 72.3 Å². The van der Waals surface area contributed by atoms with Crippen LogP contribution in [0, 0.1) is 0 Å². The van der Waals surface area contributed by atoms with E-state index < -0.39 is 0 Å². The van der Waals surface area contributed by atoms with Gasteiger partial charge in [0.2, 0.25) is 0 Å². The van der Waals surface area contributed by atoms with E-state index in [1.807, 2.05) is 30.3 Å². The van der Waals surface area contributed by atoms with Crippen molar-refractivity contribution in [1.82, 2.24) is 0 Å². The fourth-order valence-electron chi connectivity index (χ4n) is 3.13. The molecule has 0 amide bonds. The number of aryl methyl sites for hydroxylation is 1. The summed E-state index contributed by atoms with van der Waals surface area (Å²) < 4.78 is 6.05. The number of rotatable bonds is 4. The highest BCUT2D eigenvalue weighted by atomic mass is 16.5. The quantitative estimate of drug-likeness (QED) is 0.461. The van der Waals surface area contributed by atoms with E-state index in [0.29, 0.717) is 0 Å². The van der Waals surface area contributed by atoms with Gasteiger partial charge in [0.05, 0.1) is 11.4 Å². The molecule has 0 aliphatic carbocycles. The van der Waals surface area contributed by atoms with Gasteiger partial charge in [-0.1, -0.05) is 61.9 Å². The van der Waals surface area contributed by atoms with Crippen molar-refractivity contribution in [3.63, 3.8) is 0 Å². The number of benzene rings is 3. The number of hydrogen-bond acceptors (Lipinski definition) is 2. The molecule has 0 atom stereocenters. The summed E-state index contributed by atoms with van der Waals surface area (Å²) in [6.45, 7) is 2.23.